The van der Waals surface area contributed by atoms with Crippen molar-refractivity contribution in [1.29, 1.82) is 0 Å². The highest BCUT2D eigenvalue weighted by atomic mass is 16.5. The number of nitrogens with one attached hydrogen (secondary N) is 2. The lowest BCUT2D eigenvalue weighted by Crippen LogP contribution is -2.40. The molecule has 0 saturated heterocycles. The van der Waals surface area contributed by atoms with Gasteiger partial charge >= 0.3 is 0 Å². The van der Waals surface area contributed by atoms with Crippen molar-refractivity contribution in [2.75, 3.05) is 11.6 Å². The lowest BCUT2D eigenvalue weighted by molar-refractivity contribution is 0.118. The maximum Gasteiger partial charge on any atom is 0.257 e. The van der Waals surface area contributed by atoms with E-state index in [4.69, 9.17) is 4.74 Å². The summed E-state index contributed by atoms with van der Waals surface area (Å²) in [7, 11) is 0. The molecule has 0 unspecified atom stereocenters. The molecule has 2 aliphatic rings. The van der Waals surface area contributed by atoms with E-state index < -0.39 is 0 Å². The topological polar surface area (TPSA) is 70.2 Å². The van der Waals surface area contributed by atoms with Gasteiger partial charge in [0.15, 0.2) is 5.82 Å². The Morgan fingerprint density at radius 1 is 1.19 bits per heavy atom. The third-order valence-electron chi connectivity index (χ3n) is 5.00. The molecule has 6 heteroatoms. The highest BCUT2D eigenvalue weighted by Gasteiger charge is 2.31. The van der Waals surface area contributed by atoms with E-state index in [1.165, 1.54) is 18.4 Å². The first kappa shape index (κ1) is 19.6. The second kappa shape index (κ2) is 9.67. The van der Waals surface area contributed by atoms with Crippen LogP contribution in [0.4, 0.5) is 5.82 Å². The van der Waals surface area contributed by atoms with Crippen LogP contribution in [0, 0.1) is 0 Å². The van der Waals surface area contributed by atoms with Crippen LogP contribution in [0.3, 0.4) is 0 Å². The fourth-order valence-electron chi connectivity index (χ4n) is 3.67. The zero-order valence-electron chi connectivity index (χ0n) is 16.3. The lowest BCUT2D eigenvalue weighted by Gasteiger charge is -2.25. The predicted octanol–water partition coefficient (Wildman–Crippen LogP) is 3.32. The number of hydrogen-bond donors (Lipinski definition) is 2. The van der Waals surface area contributed by atoms with Crippen molar-refractivity contribution in [3.05, 3.63) is 57.6 Å². The third kappa shape index (κ3) is 4.76. The van der Waals surface area contributed by atoms with Crippen molar-refractivity contribution in [1.82, 2.24) is 15.4 Å². The quantitative estimate of drug-likeness (QED) is 0.764. The Bertz CT molecular complexity index is 769. The fourth-order valence-corrected chi connectivity index (χ4v) is 3.67. The van der Waals surface area contributed by atoms with E-state index in [0.29, 0.717) is 31.6 Å². The minimum absolute atomic E-state index is 0.0559. The van der Waals surface area contributed by atoms with E-state index >= 15 is 0 Å². The van der Waals surface area contributed by atoms with Crippen LogP contribution >= 0.6 is 0 Å². The largest absolute Gasteiger partial charge is 0.373 e. The highest BCUT2D eigenvalue weighted by Crippen LogP contribution is 2.29. The summed E-state index contributed by atoms with van der Waals surface area (Å²) in [5, 5.41) is 2.10. The molecule has 0 atom stereocenters. The second-order valence-corrected chi connectivity index (χ2v) is 6.75. The molecule has 2 N–H and O–H groups in total. The Labute approximate surface area is 160 Å². The van der Waals surface area contributed by atoms with Crippen molar-refractivity contribution in [3.63, 3.8) is 0 Å². The molecule has 0 amide bonds. The van der Waals surface area contributed by atoms with Crippen molar-refractivity contribution < 1.29 is 4.74 Å². The van der Waals surface area contributed by atoms with Gasteiger partial charge in [-0.25, -0.2) is 10.4 Å². The van der Waals surface area contributed by atoms with Gasteiger partial charge in [0.25, 0.3) is 5.56 Å². The predicted molar refractivity (Wildman–Crippen MR) is 108 cm³/mol. The molecule has 1 fully saturated rings. The monoisotopic (exact) mass is 370 g/mol. The smallest absolute Gasteiger partial charge is 0.257 e. The molecule has 2 aromatic rings. The van der Waals surface area contributed by atoms with Gasteiger partial charge in [0.05, 0.1) is 12.2 Å². The standard InChI is InChI=1S/C19H24N4O2.C2H6/c24-19-16-12-20-23(15-8-4-5-9-15)18(16)21-17(22-19)13-25-11-10-14-6-2-1-3-7-14;1-2/h1-3,6-7,15,20H,4-5,8-13H2,(H,21,22,24);1-2H3. The van der Waals surface area contributed by atoms with Crippen molar-refractivity contribution in [2.24, 2.45) is 0 Å². The first-order valence-electron chi connectivity index (χ1n) is 10.1. The van der Waals surface area contributed by atoms with Crippen LogP contribution in [0.5, 0.6) is 0 Å². The molecule has 1 aliphatic carbocycles. The van der Waals surface area contributed by atoms with E-state index in [0.717, 1.165) is 30.6 Å². The zero-order chi connectivity index (χ0) is 19.1. The van der Waals surface area contributed by atoms with E-state index in [9.17, 15) is 4.79 Å². The van der Waals surface area contributed by atoms with Crippen LogP contribution in [-0.2, 0) is 24.3 Å². The van der Waals surface area contributed by atoms with Crippen LogP contribution in [0.1, 0.15) is 56.5 Å². The summed E-state index contributed by atoms with van der Waals surface area (Å²) in [4.78, 5) is 19.9. The first-order chi connectivity index (χ1) is 13.3. The minimum atomic E-state index is -0.0559. The van der Waals surface area contributed by atoms with Crippen LogP contribution in [0.15, 0.2) is 35.1 Å². The molecule has 0 spiro atoms. The van der Waals surface area contributed by atoms with E-state index in [2.05, 4.69) is 32.5 Å². The van der Waals surface area contributed by atoms with Gasteiger partial charge in [-0.3, -0.25) is 9.80 Å². The normalized spacial score (nSPS) is 16.1. The SMILES string of the molecule is CC.O=c1[nH]c(COCCc2ccccc2)nc2c1CNN2C1CCCC1. The second-order valence-electron chi connectivity index (χ2n) is 6.75. The number of fused-ring (bicyclic) bond motifs is 1. The molecule has 1 saturated carbocycles. The molecule has 1 aliphatic heterocycles. The number of benzene rings is 1. The number of aromatic nitrogens is 2. The summed E-state index contributed by atoms with van der Waals surface area (Å²) >= 11 is 0. The Morgan fingerprint density at radius 2 is 1.93 bits per heavy atom. The van der Waals surface area contributed by atoms with Gasteiger partial charge in [-0.15, -0.1) is 0 Å². The summed E-state index contributed by atoms with van der Waals surface area (Å²) in [5.41, 5.74) is 5.26. The number of nitrogens with zero attached hydrogens (tertiary/aromatic N) is 2. The van der Waals surface area contributed by atoms with Crippen LogP contribution < -0.4 is 16.0 Å². The van der Waals surface area contributed by atoms with Gasteiger partial charge in [0.1, 0.15) is 12.4 Å². The molecule has 4 rings (SSSR count). The summed E-state index contributed by atoms with van der Waals surface area (Å²) in [6.45, 7) is 5.49. The summed E-state index contributed by atoms with van der Waals surface area (Å²) < 4.78 is 5.73. The van der Waals surface area contributed by atoms with Gasteiger partial charge in [-0.2, -0.15) is 0 Å². The van der Waals surface area contributed by atoms with Crippen molar-refractivity contribution >= 4 is 5.82 Å². The molecule has 146 valence electrons. The maximum absolute atomic E-state index is 12.3. The molecule has 6 nitrogen and oxygen atoms in total. The highest BCUT2D eigenvalue weighted by molar-refractivity contribution is 5.50. The summed E-state index contributed by atoms with van der Waals surface area (Å²) in [6, 6.07) is 10.7. The number of anilines is 1. The van der Waals surface area contributed by atoms with Crippen LogP contribution in [0.25, 0.3) is 0 Å². The van der Waals surface area contributed by atoms with Crippen molar-refractivity contribution in [2.45, 2.75) is 65.1 Å². The molecule has 1 aromatic carbocycles. The van der Waals surface area contributed by atoms with E-state index in [1.807, 2.05) is 32.0 Å². The number of H-pyrrole nitrogens is 1. The Kier molecular flexibility index (Phi) is 7.01. The minimum Gasteiger partial charge on any atom is -0.373 e. The number of ether oxygens (including phenoxy) is 1. The summed E-state index contributed by atoms with van der Waals surface area (Å²) in [6.07, 6.45) is 5.66. The molecule has 2 heterocycles. The number of rotatable bonds is 6. The summed E-state index contributed by atoms with van der Waals surface area (Å²) in [5.74, 6) is 1.39. The van der Waals surface area contributed by atoms with Gasteiger partial charge in [0, 0.05) is 12.6 Å². The number of hydrazine groups is 1. The molecular formula is C21H30N4O2. The Balaban J connectivity index is 0.00000102. The first-order valence-corrected chi connectivity index (χ1v) is 10.1. The molecule has 0 bridgehead atoms. The van der Waals surface area contributed by atoms with E-state index in [1.54, 1.807) is 0 Å². The van der Waals surface area contributed by atoms with Gasteiger partial charge in [0.2, 0.25) is 0 Å². The fraction of sp³-hybridized carbons (Fsp3) is 0.524. The molecule has 1 aromatic heterocycles. The maximum atomic E-state index is 12.3. The average molecular weight is 370 g/mol. The molecule has 27 heavy (non-hydrogen) atoms. The average Bonchev–Trinajstić information content (AvgIpc) is 3.37. The van der Waals surface area contributed by atoms with Crippen molar-refractivity contribution in [3.8, 4) is 0 Å². The third-order valence-corrected chi connectivity index (χ3v) is 5.00. The van der Waals surface area contributed by atoms with Gasteiger partial charge in [-0.1, -0.05) is 57.0 Å². The molecular weight excluding hydrogens is 340 g/mol. The Hall–Kier alpha value is -2.18. The number of aromatic amines is 1. The molecule has 0 radical (unpaired) electrons. The zero-order valence-corrected chi connectivity index (χ0v) is 16.3. The number of hydrogen-bond acceptors (Lipinski definition) is 5. The lowest BCUT2D eigenvalue weighted by atomic mass is 10.2. The van der Waals surface area contributed by atoms with E-state index in [-0.39, 0.29) is 5.56 Å². The Morgan fingerprint density at radius 3 is 2.67 bits per heavy atom. The van der Waals surface area contributed by atoms with Gasteiger partial charge < -0.3 is 9.72 Å². The van der Waals surface area contributed by atoms with Crippen LogP contribution in [-0.4, -0.2) is 22.6 Å². The van der Waals surface area contributed by atoms with Crippen LogP contribution in [0.2, 0.25) is 0 Å². The van der Waals surface area contributed by atoms with Gasteiger partial charge in [-0.05, 0) is 24.8 Å².